The lowest BCUT2D eigenvalue weighted by atomic mass is 9.94. The summed E-state index contributed by atoms with van der Waals surface area (Å²) in [5.41, 5.74) is 4.45. The van der Waals surface area contributed by atoms with Crippen molar-refractivity contribution in [3.05, 3.63) is 71.8 Å². The van der Waals surface area contributed by atoms with Gasteiger partial charge in [-0.2, -0.15) is 0 Å². The van der Waals surface area contributed by atoms with Gasteiger partial charge in [-0.3, -0.25) is 14.4 Å². The second-order valence-corrected chi connectivity index (χ2v) is 8.83. The molecule has 0 radical (unpaired) electrons. The third kappa shape index (κ3) is 4.55. The van der Waals surface area contributed by atoms with Crippen molar-refractivity contribution in [1.29, 1.82) is 0 Å². The highest BCUT2D eigenvalue weighted by molar-refractivity contribution is 6.02. The van der Waals surface area contributed by atoms with Crippen LogP contribution in [0, 0.1) is 6.92 Å². The highest BCUT2D eigenvalue weighted by Crippen LogP contribution is 2.51. The Kier molecular flexibility index (Phi) is 5.64. The smallest absolute Gasteiger partial charge is 0.312 e. The molecule has 3 aromatic rings. The maximum Gasteiger partial charge on any atom is 0.312 e. The molecule has 2 aliphatic rings. The van der Waals surface area contributed by atoms with Gasteiger partial charge in [-0.25, -0.2) is 0 Å². The van der Waals surface area contributed by atoms with E-state index in [2.05, 4.69) is 10.6 Å². The minimum atomic E-state index is -1.18. The van der Waals surface area contributed by atoms with Crippen molar-refractivity contribution in [3.63, 3.8) is 0 Å². The number of ether oxygens (including phenoxy) is 2. The summed E-state index contributed by atoms with van der Waals surface area (Å²) in [6.07, 6.45) is 0.953. The van der Waals surface area contributed by atoms with E-state index in [9.17, 15) is 14.4 Å². The maximum atomic E-state index is 13.3. The summed E-state index contributed by atoms with van der Waals surface area (Å²) in [4.78, 5) is 35.6. The van der Waals surface area contributed by atoms with Crippen LogP contribution in [-0.2, 0) is 19.8 Å². The molecule has 2 amide bonds. The standard InChI is InChI=1S/C27H24N2O6.3H2/c1-16-2-6-20(13-21(16)17-3-7-19(8-4-17)28-24(30)14-25(31)32)29-26(33)27(10-11-27)18-5-9-22-23(12-18)35-15-34-22;;;/h2-9,12-13H,10-11,14-15H2,1H3,(H,28,30)(H,29,33)(H,31,32);3*1H. The van der Waals surface area contributed by atoms with Crippen molar-refractivity contribution >= 4 is 29.2 Å². The number of benzene rings is 3. The fraction of sp³-hybridized carbons (Fsp3) is 0.222. The summed E-state index contributed by atoms with van der Waals surface area (Å²) in [5, 5.41) is 14.4. The Bertz CT molecular complexity index is 1340. The molecule has 3 aromatic carbocycles. The van der Waals surface area contributed by atoms with Crippen molar-refractivity contribution in [1.82, 2.24) is 0 Å². The highest BCUT2D eigenvalue weighted by atomic mass is 16.7. The quantitative estimate of drug-likeness (QED) is 0.402. The molecule has 1 saturated carbocycles. The molecule has 0 saturated heterocycles. The lowest BCUT2D eigenvalue weighted by Crippen LogP contribution is -2.27. The summed E-state index contributed by atoms with van der Waals surface area (Å²) in [6.45, 7) is 2.18. The highest BCUT2D eigenvalue weighted by Gasteiger charge is 2.51. The zero-order chi connectivity index (χ0) is 24.6. The first-order valence-corrected chi connectivity index (χ1v) is 11.3. The number of carboxylic acids is 1. The molecule has 5 rings (SSSR count). The van der Waals surface area contributed by atoms with E-state index in [-0.39, 0.29) is 17.0 Å². The number of carboxylic acid groups (broad SMARTS) is 1. The zero-order valence-corrected chi connectivity index (χ0v) is 19.1. The van der Waals surface area contributed by atoms with Crippen molar-refractivity contribution in [3.8, 4) is 22.6 Å². The summed E-state index contributed by atoms with van der Waals surface area (Å²) >= 11 is 0. The lowest BCUT2D eigenvalue weighted by molar-refractivity contribution is -0.139. The van der Waals surface area contributed by atoms with E-state index in [1.54, 1.807) is 12.1 Å². The predicted molar refractivity (Wildman–Crippen MR) is 136 cm³/mol. The largest absolute Gasteiger partial charge is 0.481 e. The van der Waals surface area contributed by atoms with E-state index in [4.69, 9.17) is 14.6 Å². The number of nitrogens with one attached hydrogen (secondary N) is 2. The number of hydrogen-bond acceptors (Lipinski definition) is 5. The Morgan fingerprint density at radius 1 is 0.914 bits per heavy atom. The molecular formula is C27H30N2O6. The number of rotatable bonds is 7. The van der Waals surface area contributed by atoms with Crippen molar-refractivity contribution in [2.24, 2.45) is 0 Å². The van der Waals surface area contributed by atoms with Gasteiger partial charge in [0.1, 0.15) is 6.42 Å². The van der Waals surface area contributed by atoms with Crippen LogP contribution in [0.2, 0.25) is 0 Å². The van der Waals surface area contributed by atoms with E-state index in [0.29, 0.717) is 22.9 Å². The van der Waals surface area contributed by atoms with Crippen LogP contribution in [0.15, 0.2) is 60.7 Å². The molecule has 8 heteroatoms. The number of carbonyl (C=O) groups is 3. The number of aliphatic carboxylic acids is 1. The molecule has 0 aromatic heterocycles. The zero-order valence-electron chi connectivity index (χ0n) is 19.1. The average molecular weight is 479 g/mol. The molecule has 0 spiro atoms. The topological polar surface area (TPSA) is 114 Å². The van der Waals surface area contributed by atoms with E-state index in [0.717, 1.165) is 35.1 Å². The third-order valence-corrected chi connectivity index (χ3v) is 6.40. The Morgan fingerprint density at radius 2 is 1.63 bits per heavy atom. The van der Waals surface area contributed by atoms with Gasteiger partial charge in [-0.15, -0.1) is 0 Å². The molecule has 0 bridgehead atoms. The average Bonchev–Trinajstić information content (AvgIpc) is 3.51. The molecule has 0 atom stereocenters. The summed E-state index contributed by atoms with van der Waals surface area (Å²) in [7, 11) is 0. The number of amides is 2. The first kappa shape index (κ1) is 22.5. The Hall–Kier alpha value is -4.33. The Balaban J connectivity index is 0.00000169. The minimum Gasteiger partial charge on any atom is -0.481 e. The molecule has 1 heterocycles. The van der Waals surface area contributed by atoms with Gasteiger partial charge >= 0.3 is 5.97 Å². The van der Waals surface area contributed by atoms with Gasteiger partial charge in [0.05, 0.1) is 5.41 Å². The number of anilines is 2. The third-order valence-electron chi connectivity index (χ3n) is 6.40. The Labute approximate surface area is 206 Å². The van der Waals surface area contributed by atoms with Crippen LogP contribution in [0.1, 0.15) is 34.7 Å². The van der Waals surface area contributed by atoms with Gasteiger partial charge in [-0.1, -0.05) is 24.3 Å². The second-order valence-electron chi connectivity index (χ2n) is 8.83. The predicted octanol–water partition coefficient (Wildman–Crippen LogP) is 5.21. The van der Waals surface area contributed by atoms with Gasteiger partial charge < -0.3 is 25.2 Å². The number of carbonyl (C=O) groups excluding carboxylic acids is 2. The van der Waals surface area contributed by atoms with Gasteiger partial charge in [0.2, 0.25) is 18.6 Å². The second kappa shape index (κ2) is 8.79. The fourth-order valence-electron chi connectivity index (χ4n) is 4.30. The first-order valence-electron chi connectivity index (χ1n) is 11.3. The fourth-order valence-corrected chi connectivity index (χ4v) is 4.30. The van der Waals surface area contributed by atoms with Crippen LogP contribution in [0.5, 0.6) is 11.5 Å². The maximum absolute atomic E-state index is 13.3. The molecule has 35 heavy (non-hydrogen) atoms. The van der Waals surface area contributed by atoms with E-state index in [1.807, 2.05) is 55.5 Å². The van der Waals surface area contributed by atoms with Crippen LogP contribution in [-0.4, -0.2) is 29.7 Å². The molecule has 184 valence electrons. The first-order chi connectivity index (χ1) is 16.8. The molecule has 8 nitrogen and oxygen atoms in total. The molecule has 3 N–H and O–H groups in total. The van der Waals surface area contributed by atoms with Crippen molar-refractivity contribution in [2.75, 3.05) is 17.4 Å². The van der Waals surface area contributed by atoms with Crippen LogP contribution < -0.4 is 20.1 Å². The van der Waals surface area contributed by atoms with Gasteiger partial charge in [-0.05, 0) is 78.4 Å². The van der Waals surface area contributed by atoms with Crippen LogP contribution >= 0.6 is 0 Å². The summed E-state index contributed by atoms with van der Waals surface area (Å²) in [5.74, 6) is -0.451. The van der Waals surface area contributed by atoms with Crippen LogP contribution in [0.4, 0.5) is 11.4 Å². The normalized spacial score (nSPS) is 14.8. The number of hydrogen-bond donors (Lipinski definition) is 3. The van der Waals surface area contributed by atoms with Crippen LogP contribution in [0.25, 0.3) is 11.1 Å². The number of aryl methyl sites for hydroxylation is 1. The lowest BCUT2D eigenvalue weighted by Gasteiger charge is -2.17. The molecular weight excluding hydrogens is 448 g/mol. The van der Waals surface area contributed by atoms with E-state index in [1.165, 1.54) is 0 Å². The van der Waals surface area contributed by atoms with Crippen LogP contribution in [0.3, 0.4) is 0 Å². The van der Waals surface area contributed by atoms with E-state index < -0.39 is 23.7 Å². The molecule has 1 aliphatic heterocycles. The molecule has 1 fully saturated rings. The summed E-state index contributed by atoms with van der Waals surface area (Å²) in [6, 6.07) is 18.6. The van der Waals surface area contributed by atoms with Crippen molar-refractivity contribution in [2.45, 2.75) is 31.6 Å². The monoisotopic (exact) mass is 478 g/mol. The number of fused-ring (bicyclic) bond motifs is 1. The van der Waals surface area contributed by atoms with Crippen molar-refractivity contribution < 1.29 is 33.2 Å². The minimum absolute atomic E-state index is 0. The van der Waals surface area contributed by atoms with Gasteiger partial charge in [0.25, 0.3) is 0 Å². The molecule has 0 unspecified atom stereocenters. The molecule has 1 aliphatic carbocycles. The summed E-state index contributed by atoms with van der Waals surface area (Å²) < 4.78 is 10.9. The SMILES string of the molecule is Cc1ccc(NC(=O)C2(c3ccc4c(c3)OCO4)CC2)cc1-c1ccc(NC(=O)CC(=O)O)cc1.[HH].[HH].[HH]. The van der Waals surface area contributed by atoms with Gasteiger partial charge in [0.15, 0.2) is 11.5 Å². The Morgan fingerprint density at radius 3 is 2.34 bits per heavy atom. The van der Waals surface area contributed by atoms with E-state index >= 15 is 0 Å². The van der Waals surface area contributed by atoms with Gasteiger partial charge in [0, 0.05) is 15.7 Å².